The Kier molecular flexibility index (Phi) is 4.14. The van der Waals surface area contributed by atoms with Crippen molar-refractivity contribution in [2.24, 2.45) is 39.9 Å². The Labute approximate surface area is 171 Å². The summed E-state index contributed by atoms with van der Waals surface area (Å²) in [5.41, 5.74) is -1.60. The molecule has 4 aliphatic carbocycles. The summed E-state index contributed by atoms with van der Waals surface area (Å²) < 4.78 is 12.0. The van der Waals surface area contributed by atoms with Gasteiger partial charge in [-0.25, -0.2) is 0 Å². The Morgan fingerprint density at radius 3 is 2.59 bits per heavy atom. The summed E-state index contributed by atoms with van der Waals surface area (Å²) >= 11 is 0. The van der Waals surface area contributed by atoms with Gasteiger partial charge in [-0.15, -0.1) is 0 Å². The molecule has 10 atom stereocenters. The van der Waals surface area contributed by atoms with E-state index < -0.39 is 34.7 Å². The van der Waals surface area contributed by atoms with E-state index in [0.717, 1.165) is 6.42 Å². The topological polar surface area (TPSA) is 116 Å². The van der Waals surface area contributed by atoms with Crippen LogP contribution < -0.4 is 0 Å². The zero-order valence-corrected chi connectivity index (χ0v) is 17.5. The van der Waals surface area contributed by atoms with Crippen LogP contribution in [-0.2, 0) is 14.3 Å². The molecule has 0 unspecified atom stereocenters. The Morgan fingerprint density at radius 1 is 1.21 bits per heavy atom. The third-order valence-electron chi connectivity index (χ3n) is 9.83. The highest BCUT2D eigenvalue weighted by molar-refractivity contribution is 5.66. The van der Waals surface area contributed by atoms with Crippen LogP contribution in [0.1, 0.15) is 52.9 Å². The first-order chi connectivity index (χ1) is 13.5. The van der Waals surface area contributed by atoms with E-state index in [4.69, 9.17) is 9.47 Å². The zero-order chi connectivity index (χ0) is 21.0. The second-order valence-electron chi connectivity index (χ2n) is 11.1. The van der Waals surface area contributed by atoms with E-state index in [0.29, 0.717) is 25.7 Å². The minimum Gasteiger partial charge on any atom is -0.462 e. The van der Waals surface area contributed by atoms with Crippen molar-refractivity contribution in [2.75, 3.05) is 13.2 Å². The van der Waals surface area contributed by atoms with Gasteiger partial charge in [0.05, 0.1) is 24.2 Å². The number of rotatable bonds is 2. The summed E-state index contributed by atoms with van der Waals surface area (Å²) in [5, 5.41) is 44.2. The van der Waals surface area contributed by atoms with Crippen LogP contribution in [0.2, 0.25) is 0 Å². The minimum absolute atomic E-state index is 0.0478. The highest BCUT2D eigenvalue weighted by Crippen LogP contribution is 2.77. The van der Waals surface area contributed by atoms with Crippen molar-refractivity contribution in [2.45, 2.75) is 77.0 Å². The maximum Gasteiger partial charge on any atom is 0.302 e. The molecule has 2 spiro atoms. The van der Waals surface area contributed by atoms with Crippen LogP contribution in [0.4, 0.5) is 0 Å². The molecule has 0 amide bonds. The highest BCUT2D eigenvalue weighted by atomic mass is 16.6. The lowest BCUT2D eigenvalue weighted by atomic mass is 9.36. The maximum atomic E-state index is 12.0. The zero-order valence-electron chi connectivity index (χ0n) is 17.5. The first kappa shape index (κ1) is 20.2. The van der Waals surface area contributed by atoms with Crippen molar-refractivity contribution in [3.8, 4) is 0 Å². The lowest BCUT2D eigenvalue weighted by Gasteiger charge is -2.74. The number of aliphatic hydroxyl groups is 4. The third kappa shape index (κ3) is 2.19. The van der Waals surface area contributed by atoms with Crippen LogP contribution in [0.5, 0.6) is 0 Å². The number of ether oxygens (including phenoxy) is 2. The molecule has 164 valence electrons. The molecule has 7 nitrogen and oxygen atoms in total. The van der Waals surface area contributed by atoms with Gasteiger partial charge in [0, 0.05) is 31.3 Å². The van der Waals surface area contributed by atoms with E-state index in [1.54, 1.807) is 0 Å². The molecular weight excluding hydrogens is 376 g/mol. The van der Waals surface area contributed by atoms with Gasteiger partial charge in [-0.1, -0.05) is 13.8 Å². The third-order valence-corrected chi connectivity index (χ3v) is 9.83. The van der Waals surface area contributed by atoms with Gasteiger partial charge in [-0.05, 0) is 48.9 Å². The predicted octanol–water partition coefficient (Wildman–Crippen LogP) is 0.820. The van der Waals surface area contributed by atoms with E-state index in [1.807, 2.05) is 0 Å². The normalized spacial score (nSPS) is 57.1. The molecule has 6 fully saturated rings. The predicted molar refractivity (Wildman–Crippen MR) is 101 cm³/mol. The standard InChI is InChI=1S/C22H34O7/c1-11(24)29-17-4-5-19(2,3)16-8-22(27)21-7-12(13(9-23)18(21)26)14(25)6-15(21)20(16,17)10-28-22/h12-18,23,25-27H,4-10H2,1-3H3/t12-,13+,14-,15+,16-,17+,18+,20+,21+,22-/m1/s1. The molecule has 0 radical (unpaired) electrons. The summed E-state index contributed by atoms with van der Waals surface area (Å²) in [5.74, 6) is -2.78. The van der Waals surface area contributed by atoms with E-state index in [2.05, 4.69) is 13.8 Å². The molecule has 4 N–H and O–H groups in total. The number of carbonyl (C=O) groups excluding carboxylic acids is 1. The molecule has 29 heavy (non-hydrogen) atoms. The lowest BCUT2D eigenvalue weighted by molar-refractivity contribution is -0.437. The average Bonchev–Trinajstić information content (AvgIpc) is 2.90. The number of fused-ring (bicyclic) bond motifs is 2. The Hall–Kier alpha value is -0.730. The number of hydrogen-bond acceptors (Lipinski definition) is 7. The van der Waals surface area contributed by atoms with E-state index in [1.165, 1.54) is 6.92 Å². The summed E-state index contributed by atoms with van der Waals surface area (Å²) in [4.78, 5) is 12.0. The van der Waals surface area contributed by atoms with Crippen molar-refractivity contribution in [3.05, 3.63) is 0 Å². The van der Waals surface area contributed by atoms with Gasteiger partial charge in [-0.3, -0.25) is 4.79 Å². The van der Waals surface area contributed by atoms with Crippen LogP contribution in [-0.4, -0.2) is 63.7 Å². The van der Waals surface area contributed by atoms with Gasteiger partial charge in [0.2, 0.25) is 0 Å². The molecule has 2 saturated heterocycles. The molecule has 0 aromatic carbocycles. The maximum absolute atomic E-state index is 12.0. The highest BCUT2D eigenvalue weighted by Gasteiger charge is 2.82. The van der Waals surface area contributed by atoms with Gasteiger partial charge < -0.3 is 29.9 Å². The SMILES string of the molecule is CC(=O)O[C@H]1CCC(C)(C)[C@H]2C[C@@]3(O)OC[C@@]12[C@@H]1C[C@@H](O)[C@@H]2C[C@@]13[C@@H](O)[C@H]2CO. The average molecular weight is 411 g/mol. The molecule has 2 aliphatic heterocycles. The van der Waals surface area contributed by atoms with Crippen LogP contribution in [0.25, 0.3) is 0 Å². The van der Waals surface area contributed by atoms with Gasteiger partial charge in [0.25, 0.3) is 0 Å². The molecule has 4 bridgehead atoms. The summed E-state index contributed by atoms with van der Waals surface area (Å²) in [6, 6.07) is 0. The molecule has 0 aromatic heterocycles. The summed E-state index contributed by atoms with van der Waals surface area (Å²) in [7, 11) is 0. The van der Waals surface area contributed by atoms with Gasteiger partial charge in [0.1, 0.15) is 6.10 Å². The molecule has 2 heterocycles. The smallest absolute Gasteiger partial charge is 0.302 e. The number of carbonyl (C=O) groups is 1. The molecular formula is C22H34O7. The Bertz CT molecular complexity index is 724. The van der Waals surface area contributed by atoms with Crippen molar-refractivity contribution < 1.29 is 34.7 Å². The Balaban J connectivity index is 1.70. The minimum atomic E-state index is -1.50. The second-order valence-corrected chi connectivity index (χ2v) is 11.1. The van der Waals surface area contributed by atoms with E-state index >= 15 is 0 Å². The van der Waals surface area contributed by atoms with Crippen LogP contribution in [0.15, 0.2) is 0 Å². The van der Waals surface area contributed by atoms with Gasteiger partial charge in [0.15, 0.2) is 5.79 Å². The van der Waals surface area contributed by atoms with E-state index in [-0.39, 0.29) is 48.5 Å². The van der Waals surface area contributed by atoms with Crippen molar-refractivity contribution in [1.29, 1.82) is 0 Å². The summed E-state index contributed by atoms with van der Waals surface area (Å²) in [6.45, 7) is 5.84. The van der Waals surface area contributed by atoms with Crippen LogP contribution in [0, 0.1) is 39.9 Å². The van der Waals surface area contributed by atoms with Gasteiger partial charge in [-0.2, -0.15) is 0 Å². The number of aliphatic hydroxyl groups excluding tert-OH is 3. The fourth-order valence-corrected chi connectivity index (χ4v) is 8.67. The first-order valence-electron chi connectivity index (χ1n) is 11.0. The summed E-state index contributed by atoms with van der Waals surface area (Å²) in [6.07, 6.45) is 0.809. The molecule has 7 heteroatoms. The first-order valence-corrected chi connectivity index (χ1v) is 11.0. The molecule has 4 saturated carbocycles. The quantitative estimate of drug-likeness (QED) is 0.498. The van der Waals surface area contributed by atoms with Gasteiger partial charge >= 0.3 is 5.97 Å². The lowest BCUT2D eigenvalue weighted by Crippen LogP contribution is -2.79. The monoisotopic (exact) mass is 410 g/mol. The Morgan fingerprint density at radius 2 is 1.93 bits per heavy atom. The van der Waals surface area contributed by atoms with E-state index in [9.17, 15) is 25.2 Å². The molecule has 0 aromatic rings. The largest absolute Gasteiger partial charge is 0.462 e. The second kappa shape index (κ2) is 5.94. The van der Waals surface area contributed by atoms with Crippen molar-refractivity contribution >= 4 is 5.97 Å². The number of esters is 1. The fourth-order valence-electron chi connectivity index (χ4n) is 8.67. The van der Waals surface area contributed by atoms with Crippen LogP contribution >= 0.6 is 0 Å². The van der Waals surface area contributed by atoms with Crippen molar-refractivity contribution in [3.63, 3.8) is 0 Å². The fraction of sp³-hybridized carbons (Fsp3) is 0.955. The molecule has 6 rings (SSSR count). The number of hydrogen-bond donors (Lipinski definition) is 4. The van der Waals surface area contributed by atoms with Crippen LogP contribution in [0.3, 0.4) is 0 Å². The molecule has 6 aliphatic rings. The van der Waals surface area contributed by atoms with Crippen molar-refractivity contribution in [1.82, 2.24) is 0 Å².